The molecule has 9 aromatic rings. The summed E-state index contributed by atoms with van der Waals surface area (Å²) in [5.41, 5.74) is 15.5. The van der Waals surface area contributed by atoms with Gasteiger partial charge in [-0.15, -0.1) is 0 Å². The van der Waals surface area contributed by atoms with Crippen LogP contribution in [0.25, 0.3) is 88.0 Å². The number of fused-ring (bicyclic) bond motifs is 7. The molecule has 0 unspecified atom stereocenters. The van der Waals surface area contributed by atoms with Gasteiger partial charge >= 0.3 is 0 Å². The van der Waals surface area contributed by atoms with Crippen molar-refractivity contribution in [2.24, 2.45) is 0 Å². The highest BCUT2D eigenvalue weighted by atomic mass is 14.4. The van der Waals surface area contributed by atoms with Gasteiger partial charge in [-0.25, -0.2) is 0 Å². The molecule has 0 spiro atoms. The minimum Gasteiger partial charge on any atom is -0.0622 e. The summed E-state index contributed by atoms with van der Waals surface area (Å²) < 4.78 is 0. The summed E-state index contributed by atoms with van der Waals surface area (Å²) in [7, 11) is 0. The van der Waals surface area contributed by atoms with Crippen LogP contribution in [-0.4, -0.2) is 0 Å². The van der Waals surface area contributed by atoms with Crippen LogP contribution in [0.2, 0.25) is 0 Å². The third-order valence-electron chi connectivity index (χ3n) is 11.3. The summed E-state index contributed by atoms with van der Waals surface area (Å²) in [6.45, 7) is 4.78. The second-order valence-electron chi connectivity index (χ2n) is 14.4. The van der Waals surface area contributed by atoms with Gasteiger partial charge in [-0.3, -0.25) is 0 Å². The van der Waals surface area contributed by atoms with Crippen molar-refractivity contribution in [2.75, 3.05) is 0 Å². The van der Waals surface area contributed by atoms with E-state index in [4.69, 9.17) is 0 Å². The molecule has 1 aliphatic carbocycles. The molecule has 0 atom stereocenters. The molecular weight excluding hydrogens is 613 g/mol. The topological polar surface area (TPSA) is 0 Å². The summed E-state index contributed by atoms with van der Waals surface area (Å²) in [5, 5.41) is 7.75. The number of rotatable bonds is 4. The Bertz CT molecular complexity index is 2730. The fourth-order valence-electron chi connectivity index (χ4n) is 8.81. The lowest BCUT2D eigenvalue weighted by molar-refractivity contribution is 0.661. The van der Waals surface area contributed by atoms with Crippen LogP contribution < -0.4 is 0 Å². The minimum atomic E-state index is -0.119. The second kappa shape index (κ2) is 11.4. The highest BCUT2D eigenvalue weighted by Gasteiger charge is 2.37. The van der Waals surface area contributed by atoms with E-state index in [2.05, 4.69) is 196 Å². The molecule has 0 N–H and O–H groups in total. The van der Waals surface area contributed by atoms with E-state index in [1.807, 2.05) is 0 Å². The fourth-order valence-corrected chi connectivity index (χ4v) is 8.81. The van der Waals surface area contributed by atoms with Crippen molar-refractivity contribution in [2.45, 2.75) is 19.3 Å². The zero-order valence-electron chi connectivity index (χ0n) is 28.8. The van der Waals surface area contributed by atoms with E-state index in [9.17, 15) is 0 Å². The molecule has 240 valence electrons. The average molecular weight is 649 g/mol. The van der Waals surface area contributed by atoms with E-state index >= 15 is 0 Å². The molecule has 0 heterocycles. The molecule has 0 heteroatoms. The quantitative estimate of drug-likeness (QED) is 0.167. The molecule has 0 radical (unpaired) electrons. The van der Waals surface area contributed by atoms with Gasteiger partial charge in [0.05, 0.1) is 0 Å². The Labute approximate surface area is 299 Å². The van der Waals surface area contributed by atoms with Gasteiger partial charge in [0.2, 0.25) is 0 Å². The summed E-state index contributed by atoms with van der Waals surface area (Å²) in [5.74, 6) is 0. The first kappa shape index (κ1) is 29.7. The maximum atomic E-state index is 2.44. The fraction of sp³-hybridized carbons (Fsp3) is 0.0588. The zero-order valence-corrected chi connectivity index (χ0v) is 28.8. The van der Waals surface area contributed by atoms with Gasteiger partial charge in [-0.05, 0) is 105 Å². The molecule has 0 nitrogen and oxygen atoms in total. The largest absolute Gasteiger partial charge is 0.0622 e. The van der Waals surface area contributed by atoms with Gasteiger partial charge in [0.15, 0.2) is 0 Å². The Balaban J connectivity index is 1.16. The van der Waals surface area contributed by atoms with Crippen molar-refractivity contribution in [3.05, 3.63) is 193 Å². The highest BCUT2D eigenvalue weighted by molar-refractivity contribution is 6.24. The van der Waals surface area contributed by atoms with E-state index in [1.165, 1.54) is 99.1 Å². The lowest BCUT2D eigenvalue weighted by Crippen LogP contribution is -2.15. The van der Waals surface area contributed by atoms with E-state index in [0.29, 0.717) is 0 Å². The Hall–Kier alpha value is -6.24. The van der Waals surface area contributed by atoms with E-state index in [1.54, 1.807) is 0 Å². The minimum absolute atomic E-state index is 0.119. The Morgan fingerprint density at radius 3 is 1.37 bits per heavy atom. The molecule has 1 aliphatic rings. The standard InChI is InChI=1S/C51H36/c1-51(2)46-31-30-38-39(49-43-20-11-9-18-41(43)48(36-16-7-4-8-17-36)42-19-10-12-21-44(42)49)22-13-23-40(38)50(46)45-29-28-37(32-47(45)51)35-26-24-34(25-27-35)33-14-5-3-6-15-33/h3-32H,1-2H3. The van der Waals surface area contributed by atoms with E-state index in [0.717, 1.165) is 0 Å². The Morgan fingerprint density at radius 2 is 0.745 bits per heavy atom. The van der Waals surface area contributed by atoms with Gasteiger partial charge in [0.25, 0.3) is 0 Å². The van der Waals surface area contributed by atoms with Crippen LogP contribution in [0, 0.1) is 0 Å². The third kappa shape index (κ3) is 4.53. The molecule has 10 rings (SSSR count). The van der Waals surface area contributed by atoms with Crippen LogP contribution >= 0.6 is 0 Å². The molecule has 0 bridgehead atoms. The van der Waals surface area contributed by atoms with E-state index in [-0.39, 0.29) is 5.41 Å². The second-order valence-corrected chi connectivity index (χ2v) is 14.4. The maximum Gasteiger partial charge on any atom is 0.0159 e. The van der Waals surface area contributed by atoms with Crippen molar-refractivity contribution < 1.29 is 0 Å². The van der Waals surface area contributed by atoms with Gasteiger partial charge in [0, 0.05) is 5.41 Å². The molecule has 0 fully saturated rings. The van der Waals surface area contributed by atoms with Gasteiger partial charge in [0.1, 0.15) is 0 Å². The predicted molar refractivity (Wildman–Crippen MR) is 218 cm³/mol. The Kier molecular flexibility index (Phi) is 6.63. The van der Waals surface area contributed by atoms with Crippen LogP contribution in [0.4, 0.5) is 0 Å². The van der Waals surface area contributed by atoms with Gasteiger partial charge in [-0.1, -0.05) is 190 Å². The third-order valence-corrected chi connectivity index (χ3v) is 11.3. The molecular formula is C51H36. The van der Waals surface area contributed by atoms with Gasteiger partial charge < -0.3 is 0 Å². The van der Waals surface area contributed by atoms with Crippen molar-refractivity contribution >= 4 is 32.3 Å². The van der Waals surface area contributed by atoms with Crippen LogP contribution in [0.1, 0.15) is 25.0 Å². The molecule has 51 heavy (non-hydrogen) atoms. The molecule has 0 amide bonds. The summed E-state index contributed by atoms with van der Waals surface area (Å²) in [6, 6.07) is 67.2. The molecule has 0 saturated heterocycles. The SMILES string of the molecule is CC1(C)c2cc(-c3ccc(-c4ccccc4)cc3)ccc2-c2c1ccc1c(-c3c4ccccc4c(-c4ccccc4)c4ccccc34)cccc21. The predicted octanol–water partition coefficient (Wildman–Crippen LogP) is 14.1. The average Bonchev–Trinajstić information content (AvgIpc) is 3.43. The monoisotopic (exact) mass is 648 g/mol. The highest BCUT2D eigenvalue weighted by Crippen LogP contribution is 2.54. The normalized spacial score (nSPS) is 13.1. The first-order chi connectivity index (χ1) is 25.1. The first-order valence-electron chi connectivity index (χ1n) is 17.9. The summed E-state index contributed by atoms with van der Waals surface area (Å²) in [4.78, 5) is 0. The summed E-state index contributed by atoms with van der Waals surface area (Å²) >= 11 is 0. The van der Waals surface area contributed by atoms with Crippen LogP contribution in [0.15, 0.2) is 182 Å². The number of hydrogen-bond acceptors (Lipinski definition) is 0. The summed E-state index contributed by atoms with van der Waals surface area (Å²) in [6.07, 6.45) is 0. The van der Waals surface area contributed by atoms with Crippen LogP contribution in [0.3, 0.4) is 0 Å². The Morgan fingerprint density at radius 1 is 0.275 bits per heavy atom. The lowest BCUT2D eigenvalue weighted by atomic mass is 9.80. The lowest BCUT2D eigenvalue weighted by Gasteiger charge is -2.23. The van der Waals surface area contributed by atoms with Crippen molar-refractivity contribution in [3.8, 4) is 55.6 Å². The van der Waals surface area contributed by atoms with Crippen molar-refractivity contribution in [3.63, 3.8) is 0 Å². The first-order valence-corrected chi connectivity index (χ1v) is 17.9. The molecule has 0 aromatic heterocycles. The molecule has 9 aromatic carbocycles. The van der Waals surface area contributed by atoms with E-state index < -0.39 is 0 Å². The number of benzene rings is 9. The maximum absolute atomic E-state index is 2.44. The molecule has 0 saturated carbocycles. The van der Waals surface area contributed by atoms with Crippen molar-refractivity contribution in [1.29, 1.82) is 0 Å². The molecule has 0 aliphatic heterocycles. The smallest absolute Gasteiger partial charge is 0.0159 e. The van der Waals surface area contributed by atoms with Crippen LogP contribution in [-0.2, 0) is 5.41 Å². The zero-order chi connectivity index (χ0) is 34.1. The van der Waals surface area contributed by atoms with Crippen molar-refractivity contribution in [1.82, 2.24) is 0 Å². The van der Waals surface area contributed by atoms with Crippen LogP contribution in [0.5, 0.6) is 0 Å². The van der Waals surface area contributed by atoms with Gasteiger partial charge in [-0.2, -0.15) is 0 Å². The number of hydrogen-bond donors (Lipinski definition) is 0.